The Hall–Kier alpha value is -3.51. The molecule has 0 amide bonds. The van der Waals surface area contributed by atoms with Crippen LogP contribution in [-0.2, 0) is 11.2 Å². The SMILES string of the molecule is N#Cc1cc(C(=O)O)ccc1-n1nnnc1SCC(=O)CCc1cccc(C2CC2)c1. The van der Waals surface area contributed by atoms with Crippen LogP contribution in [0.2, 0.25) is 0 Å². The Morgan fingerprint density at radius 3 is 2.81 bits per heavy atom. The lowest BCUT2D eigenvalue weighted by Gasteiger charge is -2.07. The summed E-state index contributed by atoms with van der Waals surface area (Å²) in [6, 6.07) is 14.6. The lowest BCUT2D eigenvalue weighted by atomic mass is 10.0. The van der Waals surface area contributed by atoms with Gasteiger partial charge < -0.3 is 5.11 Å². The molecule has 0 saturated heterocycles. The molecule has 9 heteroatoms. The maximum atomic E-state index is 12.4. The number of carbonyl (C=O) groups excluding carboxylic acids is 1. The number of tetrazole rings is 1. The summed E-state index contributed by atoms with van der Waals surface area (Å²) in [6.45, 7) is 0. The summed E-state index contributed by atoms with van der Waals surface area (Å²) in [7, 11) is 0. The largest absolute Gasteiger partial charge is 0.478 e. The molecule has 1 aliphatic rings. The Morgan fingerprint density at radius 2 is 2.06 bits per heavy atom. The Kier molecular flexibility index (Phi) is 6.09. The normalized spacial score (nSPS) is 13.0. The third kappa shape index (κ3) is 4.98. The molecule has 0 atom stereocenters. The predicted molar refractivity (Wildman–Crippen MR) is 113 cm³/mol. The number of rotatable bonds is 9. The number of carbonyl (C=O) groups is 2. The number of benzene rings is 2. The smallest absolute Gasteiger partial charge is 0.335 e. The summed E-state index contributed by atoms with van der Waals surface area (Å²) in [5, 5.41) is 30.3. The number of hydrogen-bond donors (Lipinski definition) is 1. The van der Waals surface area contributed by atoms with E-state index in [0.29, 0.717) is 29.6 Å². The van der Waals surface area contributed by atoms with Crippen molar-refractivity contribution in [1.82, 2.24) is 20.2 Å². The molecule has 0 bridgehead atoms. The first kappa shape index (κ1) is 20.8. The summed E-state index contributed by atoms with van der Waals surface area (Å²) < 4.78 is 1.35. The standard InChI is InChI=1S/C22H19N5O3S/c23-12-18-11-17(21(29)30)7-9-20(18)27-22(24-25-26-27)31-13-19(28)8-4-14-2-1-3-16(10-14)15-5-6-15/h1-3,7,9-11,15H,4-6,8,13H2,(H,29,30). The fraction of sp³-hybridized carbons (Fsp3) is 0.273. The molecule has 156 valence electrons. The fourth-order valence-corrected chi connectivity index (χ4v) is 4.07. The van der Waals surface area contributed by atoms with Crippen molar-refractivity contribution < 1.29 is 14.7 Å². The first-order chi connectivity index (χ1) is 15.0. The summed E-state index contributed by atoms with van der Waals surface area (Å²) in [5.74, 6) is -0.147. The number of nitriles is 1. The molecule has 0 spiro atoms. The maximum absolute atomic E-state index is 12.4. The molecular formula is C22H19N5O3S. The van der Waals surface area contributed by atoms with Gasteiger partial charge in [-0.15, -0.1) is 5.10 Å². The number of aromatic carboxylic acids is 1. The maximum Gasteiger partial charge on any atom is 0.335 e. The van der Waals surface area contributed by atoms with E-state index in [1.165, 1.54) is 58.6 Å². The van der Waals surface area contributed by atoms with Gasteiger partial charge in [-0.05, 0) is 64.9 Å². The topological polar surface area (TPSA) is 122 Å². The number of aromatic nitrogens is 4. The molecule has 0 radical (unpaired) electrons. The van der Waals surface area contributed by atoms with Crippen LogP contribution in [0.1, 0.15) is 52.2 Å². The molecule has 8 nitrogen and oxygen atoms in total. The molecule has 31 heavy (non-hydrogen) atoms. The highest BCUT2D eigenvalue weighted by Gasteiger charge is 2.23. The molecule has 1 heterocycles. The summed E-state index contributed by atoms with van der Waals surface area (Å²) in [6.07, 6.45) is 3.63. The van der Waals surface area contributed by atoms with E-state index in [4.69, 9.17) is 5.11 Å². The average Bonchev–Trinajstić information content (AvgIpc) is 3.54. The minimum Gasteiger partial charge on any atom is -0.478 e. The highest BCUT2D eigenvalue weighted by molar-refractivity contribution is 7.99. The summed E-state index contributed by atoms with van der Waals surface area (Å²) in [4.78, 5) is 23.5. The van der Waals surface area contributed by atoms with E-state index in [-0.39, 0.29) is 22.7 Å². The third-order valence-electron chi connectivity index (χ3n) is 5.09. The first-order valence-electron chi connectivity index (χ1n) is 9.84. The zero-order valence-corrected chi connectivity index (χ0v) is 17.4. The van der Waals surface area contributed by atoms with Crippen molar-refractivity contribution in [3.63, 3.8) is 0 Å². The van der Waals surface area contributed by atoms with Crippen molar-refractivity contribution >= 4 is 23.5 Å². The van der Waals surface area contributed by atoms with Gasteiger partial charge in [0.25, 0.3) is 0 Å². The Bertz CT molecular complexity index is 1180. The van der Waals surface area contributed by atoms with Crippen molar-refractivity contribution in [2.75, 3.05) is 5.75 Å². The number of hydrogen-bond acceptors (Lipinski definition) is 7. The quantitative estimate of drug-likeness (QED) is 0.510. The molecule has 1 fully saturated rings. The second-order valence-corrected chi connectivity index (χ2v) is 8.31. The van der Waals surface area contributed by atoms with Gasteiger partial charge in [-0.1, -0.05) is 36.0 Å². The van der Waals surface area contributed by atoms with Gasteiger partial charge in [-0.2, -0.15) is 9.94 Å². The minimum atomic E-state index is -1.12. The Labute approximate surface area is 182 Å². The van der Waals surface area contributed by atoms with Crippen LogP contribution < -0.4 is 0 Å². The van der Waals surface area contributed by atoms with E-state index < -0.39 is 5.97 Å². The van der Waals surface area contributed by atoms with Gasteiger partial charge in [-0.25, -0.2) is 4.79 Å². The Morgan fingerprint density at radius 1 is 1.23 bits per heavy atom. The molecular weight excluding hydrogens is 414 g/mol. The number of carboxylic acids is 1. The van der Waals surface area contributed by atoms with Gasteiger partial charge >= 0.3 is 5.97 Å². The number of aryl methyl sites for hydroxylation is 1. The zero-order valence-electron chi connectivity index (χ0n) is 16.6. The van der Waals surface area contributed by atoms with Gasteiger partial charge in [0.1, 0.15) is 11.9 Å². The summed E-state index contributed by atoms with van der Waals surface area (Å²) in [5.41, 5.74) is 3.04. The minimum absolute atomic E-state index is 0.00325. The van der Waals surface area contributed by atoms with Gasteiger partial charge in [0.15, 0.2) is 0 Å². The number of thioether (sulfide) groups is 1. The lowest BCUT2D eigenvalue weighted by molar-refractivity contribution is -0.116. The van der Waals surface area contributed by atoms with E-state index in [1.54, 1.807) is 0 Å². The predicted octanol–water partition coefficient (Wildman–Crippen LogP) is 3.40. The zero-order chi connectivity index (χ0) is 21.8. The van der Waals surface area contributed by atoms with Crippen LogP contribution in [0.15, 0.2) is 47.6 Å². The molecule has 0 aliphatic heterocycles. The van der Waals surface area contributed by atoms with Crippen molar-refractivity contribution in [1.29, 1.82) is 5.26 Å². The van der Waals surface area contributed by atoms with E-state index >= 15 is 0 Å². The van der Waals surface area contributed by atoms with Gasteiger partial charge in [0.2, 0.25) is 5.16 Å². The second kappa shape index (κ2) is 9.10. The molecule has 3 aromatic rings. The van der Waals surface area contributed by atoms with Crippen LogP contribution in [-0.4, -0.2) is 42.8 Å². The average molecular weight is 433 g/mol. The molecule has 1 saturated carbocycles. The molecule has 4 rings (SSSR count). The van der Waals surface area contributed by atoms with Crippen molar-refractivity contribution in [2.45, 2.75) is 36.8 Å². The summed E-state index contributed by atoms with van der Waals surface area (Å²) >= 11 is 1.19. The van der Waals surface area contributed by atoms with Crippen LogP contribution >= 0.6 is 11.8 Å². The molecule has 1 N–H and O–H groups in total. The Balaban J connectivity index is 1.39. The molecule has 2 aromatic carbocycles. The lowest BCUT2D eigenvalue weighted by Crippen LogP contribution is -2.07. The van der Waals surface area contributed by atoms with Crippen molar-refractivity contribution in [3.8, 4) is 11.8 Å². The number of Topliss-reactive ketones (excluding diaryl/α,β-unsaturated/α-hetero) is 1. The number of nitrogens with zero attached hydrogens (tertiary/aromatic N) is 5. The van der Waals surface area contributed by atoms with Crippen molar-refractivity contribution in [2.24, 2.45) is 0 Å². The molecule has 0 unspecified atom stereocenters. The number of carboxylic acid groups (broad SMARTS) is 1. The first-order valence-corrected chi connectivity index (χ1v) is 10.8. The third-order valence-corrected chi connectivity index (χ3v) is 6.07. The fourth-order valence-electron chi connectivity index (χ4n) is 3.28. The van der Waals surface area contributed by atoms with Crippen molar-refractivity contribution in [3.05, 3.63) is 64.7 Å². The van der Waals surface area contributed by atoms with Crippen LogP contribution in [0.3, 0.4) is 0 Å². The molecule has 1 aliphatic carbocycles. The van der Waals surface area contributed by atoms with E-state index in [9.17, 15) is 14.9 Å². The highest BCUT2D eigenvalue weighted by Crippen LogP contribution is 2.40. The van der Waals surface area contributed by atoms with E-state index in [2.05, 4.69) is 39.8 Å². The second-order valence-electron chi connectivity index (χ2n) is 7.37. The number of ketones is 1. The van der Waals surface area contributed by atoms with Crippen LogP contribution in [0.5, 0.6) is 0 Å². The van der Waals surface area contributed by atoms with Crippen LogP contribution in [0.4, 0.5) is 0 Å². The van der Waals surface area contributed by atoms with Gasteiger partial charge in [0.05, 0.1) is 22.6 Å². The van der Waals surface area contributed by atoms with E-state index in [1.807, 2.05) is 6.07 Å². The monoisotopic (exact) mass is 433 g/mol. The molecule has 1 aromatic heterocycles. The van der Waals surface area contributed by atoms with Gasteiger partial charge in [0, 0.05) is 6.42 Å². The van der Waals surface area contributed by atoms with E-state index in [0.717, 1.165) is 0 Å². The van der Waals surface area contributed by atoms with Crippen LogP contribution in [0.25, 0.3) is 5.69 Å². The van der Waals surface area contributed by atoms with Gasteiger partial charge in [-0.3, -0.25) is 4.79 Å². The highest BCUT2D eigenvalue weighted by atomic mass is 32.2. The van der Waals surface area contributed by atoms with Crippen LogP contribution in [0, 0.1) is 11.3 Å².